The number of carbonyl (C=O) groups excluding carboxylic acids is 1. The first-order valence-electron chi connectivity index (χ1n) is 8.36. The van der Waals surface area contributed by atoms with E-state index in [1.807, 2.05) is 0 Å². The zero-order valence-electron chi connectivity index (χ0n) is 13.6. The monoisotopic (exact) mass is 300 g/mol. The highest BCUT2D eigenvalue weighted by molar-refractivity contribution is 5.74. The molecule has 0 aromatic heterocycles. The molecule has 0 rings (SSSR count). The molecule has 0 saturated heterocycles. The van der Waals surface area contributed by atoms with E-state index in [0.717, 1.165) is 57.8 Å². The summed E-state index contributed by atoms with van der Waals surface area (Å²) in [6.45, 7) is 4.95. The third kappa shape index (κ3) is 13.5. The van der Waals surface area contributed by atoms with Crippen molar-refractivity contribution in [3.05, 3.63) is 0 Å². The molecule has 0 aliphatic heterocycles. The maximum absolute atomic E-state index is 11.8. The van der Waals surface area contributed by atoms with Crippen molar-refractivity contribution in [1.29, 1.82) is 0 Å². The highest BCUT2D eigenvalue weighted by atomic mass is 16.4. The zero-order valence-corrected chi connectivity index (χ0v) is 13.6. The number of amides is 2. The average molecular weight is 300 g/mol. The van der Waals surface area contributed by atoms with Gasteiger partial charge in [-0.3, -0.25) is 4.79 Å². The third-order valence-electron chi connectivity index (χ3n) is 3.48. The maximum Gasteiger partial charge on any atom is 0.315 e. The molecule has 0 spiro atoms. The molecule has 5 nitrogen and oxygen atoms in total. The predicted octanol–water partition coefficient (Wildman–Crippen LogP) is 3.68. The molecule has 0 heterocycles. The van der Waals surface area contributed by atoms with Gasteiger partial charge >= 0.3 is 12.0 Å². The molecule has 0 aromatic carbocycles. The van der Waals surface area contributed by atoms with Gasteiger partial charge in [0.1, 0.15) is 0 Å². The Morgan fingerprint density at radius 3 is 2.29 bits per heavy atom. The van der Waals surface area contributed by atoms with E-state index in [2.05, 4.69) is 24.5 Å². The van der Waals surface area contributed by atoms with Crippen LogP contribution in [-0.4, -0.2) is 29.7 Å². The minimum absolute atomic E-state index is 0.0740. The van der Waals surface area contributed by atoms with E-state index in [4.69, 9.17) is 5.11 Å². The molecule has 0 saturated carbocycles. The van der Waals surface area contributed by atoms with Crippen LogP contribution in [0.4, 0.5) is 4.79 Å². The Morgan fingerprint density at radius 2 is 1.67 bits per heavy atom. The number of hydrogen-bond acceptors (Lipinski definition) is 2. The Bertz CT molecular complexity index is 283. The van der Waals surface area contributed by atoms with Crippen LogP contribution in [0.5, 0.6) is 0 Å². The SMILES string of the molecule is CCCCC(CCC)NC(=O)NCCCCCCC(=O)O. The summed E-state index contributed by atoms with van der Waals surface area (Å²) < 4.78 is 0. The highest BCUT2D eigenvalue weighted by Crippen LogP contribution is 2.06. The molecular formula is C16H32N2O3. The first-order valence-corrected chi connectivity index (χ1v) is 8.36. The molecule has 0 aliphatic rings. The summed E-state index contributed by atoms with van der Waals surface area (Å²) in [6.07, 6.45) is 9.19. The molecule has 1 unspecified atom stereocenters. The minimum atomic E-state index is -0.735. The molecule has 0 bridgehead atoms. The summed E-state index contributed by atoms with van der Waals surface area (Å²) in [7, 11) is 0. The maximum atomic E-state index is 11.8. The van der Waals surface area contributed by atoms with Crippen LogP contribution in [0.1, 0.15) is 78.1 Å². The van der Waals surface area contributed by atoms with Crippen LogP contribution in [0, 0.1) is 0 Å². The summed E-state index contributed by atoms with van der Waals surface area (Å²) in [5.41, 5.74) is 0. The molecule has 21 heavy (non-hydrogen) atoms. The van der Waals surface area contributed by atoms with Crippen molar-refractivity contribution >= 4 is 12.0 Å². The van der Waals surface area contributed by atoms with E-state index in [-0.39, 0.29) is 18.5 Å². The standard InChI is InChI=1S/C16H32N2O3/c1-3-5-11-14(10-4-2)18-16(21)17-13-9-7-6-8-12-15(19)20/h14H,3-13H2,1-2H3,(H,19,20)(H2,17,18,21). The van der Waals surface area contributed by atoms with Crippen LogP contribution < -0.4 is 10.6 Å². The van der Waals surface area contributed by atoms with Gasteiger partial charge < -0.3 is 15.7 Å². The van der Waals surface area contributed by atoms with Crippen LogP contribution in [-0.2, 0) is 4.79 Å². The fraction of sp³-hybridized carbons (Fsp3) is 0.875. The molecule has 0 radical (unpaired) electrons. The lowest BCUT2D eigenvalue weighted by Gasteiger charge is -2.18. The molecule has 0 fully saturated rings. The van der Waals surface area contributed by atoms with Crippen LogP contribution in [0.15, 0.2) is 0 Å². The summed E-state index contributed by atoms with van der Waals surface area (Å²) in [6, 6.07) is 0.209. The van der Waals surface area contributed by atoms with Crippen LogP contribution in [0.2, 0.25) is 0 Å². The van der Waals surface area contributed by atoms with Gasteiger partial charge in [-0.25, -0.2) is 4.79 Å². The largest absolute Gasteiger partial charge is 0.481 e. The number of rotatable bonds is 13. The second-order valence-electron chi connectivity index (χ2n) is 5.59. The topological polar surface area (TPSA) is 78.4 Å². The quantitative estimate of drug-likeness (QED) is 0.454. The first-order chi connectivity index (χ1) is 10.1. The lowest BCUT2D eigenvalue weighted by atomic mass is 10.1. The Balaban J connectivity index is 3.60. The van der Waals surface area contributed by atoms with Crippen molar-refractivity contribution in [3.8, 4) is 0 Å². The lowest BCUT2D eigenvalue weighted by molar-refractivity contribution is -0.137. The highest BCUT2D eigenvalue weighted by Gasteiger charge is 2.10. The average Bonchev–Trinajstić information content (AvgIpc) is 2.43. The number of carboxylic acid groups (broad SMARTS) is 1. The zero-order chi connectivity index (χ0) is 15.9. The van der Waals surface area contributed by atoms with E-state index in [0.29, 0.717) is 6.54 Å². The van der Waals surface area contributed by atoms with Crippen molar-refractivity contribution < 1.29 is 14.7 Å². The third-order valence-corrected chi connectivity index (χ3v) is 3.48. The van der Waals surface area contributed by atoms with Gasteiger partial charge in [-0.05, 0) is 25.7 Å². The number of hydrogen-bond donors (Lipinski definition) is 3. The Labute approximate surface area is 128 Å². The molecule has 3 N–H and O–H groups in total. The first kappa shape index (κ1) is 19.7. The van der Waals surface area contributed by atoms with Crippen LogP contribution in [0.3, 0.4) is 0 Å². The molecule has 2 amide bonds. The van der Waals surface area contributed by atoms with Crippen LogP contribution >= 0.6 is 0 Å². The number of urea groups is 1. The number of aliphatic carboxylic acids is 1. The van der Waals surface area contributed by atoms with E-state index in [1.165, 1.54) is 0 Å². The summed E-state index contributed by atoms with van der Waals surface area (Å²) >= 11 is 0. The van der Waals surface area contributed by atoms with Crippen molar-refractivity contribution in [3.63, 3.8) is 0 Å². The van der Waals surface area contributed by atoms with Gasteiger partial charge in [0.25, 0.3) is 0 Å². The number of carboxylic acids is 1. The number of nitrogens with one attached hydrogen (secondary N) is 2. The van der Waals surface area contributed by atoms with Gasteiger partial charge in [-0.15, -0.1) is 0 Å². The van der Waals surface area contributed by atoms with Gasteiger partial charge in [-0.1, -0.05) is 46.0 Å². The Hall–Kier alpha value is -1.26. The second kappa shape index (κ2) is 13.7. The van der Waals surface area contributed by atoms with E-state index in [9.17, 15) is 9.59 Å². The normalized spacial score (nSPS) is 11.9. The van der Waals surface area contributed by atoms with Crippen LogP contribution in [0.25, 0.3) is 0 Å². The Kier molecular flexibility index (Phi) is 12.9. The number of carbonyl (C=O) groups is 2. The lowest BCUT2D eigenvalue weighted by Crippen LogP contribution is -2.42. The minimum Gasteiger partial charge on any atom is -0.481 e. The molecule has 5 heteroatoms. The van der Waals surface area contributed by atoms with Crippen molar-refractivity contribution in [1.82, 2.24) is 10.6 Å². The Morgan fingerprint density at radius 1 is 0.952 bits per heavy atom. The number of unbranched alkanes of at least 4 members (excludes halogenated alkanes) is 4. The fourth-order valence-corrected chi connectivity index (χ4v) is 2.28. The fourth-order valence-electron chi connectivity index (χ4n) is 2.28. The van der Waals surface area contributed by atoms with E-state index < -0.39 is 5.97 Å². The van der Waals surface area contributed by atoms with Gasteiger partial charge in [0.2, 0.25) is 0 Å². The molecule has 1 atom stereocenters. The van der Waals surface area contributed by atoms with Gasteiger partial charge in [0.05, 0.1) is 0 Å². The smallest absolute Gasteiger partial charge is 0.315 e. The van der Waals surface area contributed by atoms with Gasteiger partial charge in [0, 0.05) is 19.0 Å². The molecule has 0 aliphatic carbocycles. The molecule has 124 valence electrons. The van der Waals surface area contributed by atoms with Crippen molar-refractivity contribution in [2.24, 2.45) is 0 Å². The van der Waals surface area contributed by atoms with Crippen molar-refractivity contribution in [2.45, 2.75) is 84.1 Å². The van der Waals surface area contributed by atoms with E-state index in [1.54, 1.807) is 0 Å². The van der Waals surface area contributed by atoms with E-state index >= 15 is 0 Å². The molecular weight excluding hydrogens is 268 g/mol. The van der Waals surface area contributed by atoms with Gasteiger partial charge in [-0.2, -0.15) is 0 Å². The van der Waals surface area contributed by atoms with Gasteiger partial charge in [0.15, 0.2) is 0 Å². The molecule has 0 aromatic rings. The predicted molar refractivity (Wildman–Crippen MR) is 85.5 cm³/mol. The second-order valence-corrected chi connectivity index (χ2v) is 5.59. The van der Waals surface area contributed by atoms with Crippen molar-refractivity contribution in [2.75, 3.05) is 6.54 Å². The summed E-state index contributed by atoms with van der Waals surface area (Å²) in [4.78, 5) is 22.1. The summed E-state index contributed by atoms with van der Waals surface area (Å²) in [5, 5.41) is 14.4. The summed E-state index contributed by atoms with van der Waals surface area (Å²) in [5.74, 6) is -0.735.